The molecule has 0 aromatic carbocycles. The molecule has 1 N–H and O–H groups in total. The Morgan fingerprint density at radius 3 is 2.74 bits per heavy atom. The normalized spacial score (nSPS) is 19.1. The second-order valence-electron chi connectivity index (χ2n) is 7.13. The van der Waals surface area contributed by atoms with Crippen molar-refractivity contribution in [3.05, 3.63) is 29.6 Å². The fourth-order valence-electron chi connectivity index (χ4n) is 3.24. The van der Waals surface area contributed by atoms with Gasteiger partial charge in [-0.15, -0.1) is 0 Å². The van der Waals surface area contributed by atoms with E-state index in [4.69, 9.17) is 0 Å². The molecule has 7 heteroatoms. The zero-order valence-electron chi connectivity index (χ0n) is 14.2. The van der Waals surface area contributed by atoms with E-state index in [9.17, 15) is 4.79 Å². The molecule has 0 aliphatic carbocycles. The van der Waals surface area contributed by atoms with Crippen molar-refractivity contribution in [1.29, 1.82) is 0 Å². The molecule has 0 bridgehead atoms. The minimum atomic E-state index is -0.144. The van der Waals surface area contributed by atoms with Crippen LogP contribution in [0.1, 0.15) is 68.1 Å². The molecular formula is C16H24N6O. The highest BCUT2D eigenvalue weighted by Crippen LogP contribution is 2.30. The van der Waals surface area contributed by atoms with E-state index in [0.717, 1.165) is 37.3 Å². The van der Waals surface area contributed by atoms with Crippen LogP contribution in [0.5, 0.6) is 0 Å². The van der Waals surface area contributed by atoms with Crippen molar-refractivity contribution in [1.82, 2.24) is 29.9 Å². The lowest BCUT2D eigenvalue weighted by Crippen LogP contribution is -2.39. The zero-order chi connectivity index (χ0) is 16.6. The van der Waals surface area contributed by atoms with E-state index >= 15 is 0 Å². The number of nitrogens with one attached hydrogen (secondary N) is 1. The number of carbonyl (C=O) groups excluding carboxylic acids is 1. The Hall–Kier alpha value is -2.18. The van der Waals surface area contributed by atoms with Crippen LogP contribution in [0, 0.1) is 6.92 Å². The quantitative estimate of drug-likeness (QED) is 0.923. The maximum Gasteiger partial charge on any atom is 0.274 e. The monoisotopic (exact) mass is 316 g/mol. The van der Waals surface area contributed by atoms with Crippen molar-refractivity contribution in [2.45, 2.75) is 58.5 Å². The Kier molecular flexibility index (Phi) is 3.95. The summed E-state index contributed by atoms with van der Waals surface area (Å²) in [6.45, 7) is 8.96. The summed E-state index contributed by atoms with van der Waals surface area (Å²) in [4.78, 5) is 19.1. The van der Waals surface area contributed by atoms with Crippen molar-refractivity contribution >= 4 is 5.91 Å². The first kappa shape index (κ1) is 15.7. The molecule has 0 spiro atoms. The van der Waals surface area contributed by atoms with Gasteiger partial charge >= 0.3 is 0 Å². The molecular weight excluding hydrogens is 292 g/mol. The first-order valence-electron chi connectivity index (χ1n) is 8.11. The number of amides is 1. The van der Waals surface area contributed by atoms with E-state index < -0.39 is 0 Å². The van der Waals surface area contributed by atoms with Crippen LogP contribution in [0.15, 0.2) is 12.4 Å². The van der Waals surface area contributed by atoms with Gasteiger partial charge in [0.15, 0.2) is 5.69 Å². The van der Waals surface area contributed by atoms with E-state index in [-0.39, 0.29) is 17.5 Å². The molecule has 2 aromatic heterocycles. The predicted molar refractivity (Wildman–Crippen MR) is 86.0 cm³/mol. The summed E-state index contributed by atoms with van der Waals surface area (Å²) in [7, 11) is 0. The van der Waals surface area contributed by atoms with Gasteiger partial charge in [0.1, 0.15) is 12.2 Å². The molecule has 1 fully saturated rings. The number of hydrogen-bond donors (Lipinski definition) is 1. The van der Waals surface area contributed by atoms with Crippen molar-refractivity contribution in [2.75, 3.05) is 6.54 Å². The zero-order valence-corrected chi connectivity index (χ0v) is 14.2. The SMILES string of the molecule is Cc1cc(C(=O)N2CCCC[C@H]2c2ncn[nH]2)nn1C(C)(C)C. The fraction of sp³-hybridized carbons (Fsp3) is 0.625. The third-order valence-electron chi connectivity index (χ3n) is 4.25. The summed E-state index contributed by atoms with van der Waals surface area (Å²) in [5.41, 5.74) is 1.35. The molecule has 7 nitrogen and oxygen atoms in total. The lowest BCUT2D eigenvalue weighted by molar-refractivity contribution is 0.0592. The first-order valence-corrected chi connectivity index (χ1v) is 8.11. The van der Waals surface area contributed by atoms with Crippen molar-refractivity contribution in [3.63, 3.8) is 0 Å². The van der Waals surface area contributed by atoms with Gasteiger partial charge in [0.2, 0.25) is 0 Å². The Labute approximate surface area is 136 Å². The van der Waals surface area contributed by atoms with E-state index in [1.807, 2.05) is 22.6 Å². The van der Waals surface area contributed by atoms with E-state index in [2.05, 4.69) is 41.1 Å². The summed E-state index contributed by atoms with van der Waals surface area (Å²) in [6, 6.07) is 1.83. The Morgan fingerprint density at radius 2 is 2.13 bits per heavy atom. The molecule has 1 amide bonds. The van der Waals surface area contributed by atoms with Crippen molar-refractivity contribution < 1.29 is 4.79 Å². The Balaban J connectivity index is 1.89. The molecule has 1 aliphatic heterocycles. The third kappa shape index (κ3) is 3.00. The smallest absolute Gasteiger partial charge is 0.274 e. The molecule has 1 saturated heterocycles. The summed E-state index contributed by atoms with van der Waals surface area (Å²) in [6.07, 6.45) is 4.49. The Morgan fingerprint density at radius 1 is 1.35 bits per heavy atom. The van der Waals surface area contributed by atoms with Crippen molar-refractivity contribution in [2.24, 2.45) is 0 Å². The third-order valence-corrected chi connectivity index (χ3v) is 4.25. The van der Waals surface area contributed by atoms with Gasteiger partial charge in [-0.2, -0.15) is 10.2 Å². The second kappa shape index (κ2) is 5.79. The molecule has 3 rings (SSSR count). The van der Waals surface area contributed by atoms with E-state index in [0.29, 0.717) is 5.69 Å². The number of aromatic amines is 1. The van der Waals surface area contributed by atoms with Gasteiger partial charge < -0.3 is 4.90 Å². The van der Waals surface area contributed by atoms with E-state index in [1.165, 1.54) is 6.33 Å². The highest BCUT2D eigenvalue weighted by atomic mass is 16.2. The average Bonchev–Trinajstić information content (AvgIpc) is 3.15. The molecule has 2 aromatic rings. The van der Waals surface area contributed by atoms with Gasteiger partial charge in [0.05, 0.1) is 11.6 Å². The van der Waals surface area contributed by atoms with Gasteiger partial charge in [-0.1, -0.05) is 0 Å². The highest BCUT2D eigenvalue weighted by Gasteiger charge is 2.32. The average molecular weight is 316 g/mol. The lowest BCUT2D eigenvalue weighted by atomic mass is 10.0. The molecule has 1 aliphatic rings. The maximum atomic E-state index is 13.0. The molecule has 23 heavy (non-hydrogen) atoms. The van der Waals surface area contributed by atoms with Crippen LogP contribution in [-0.2, 0) is 5.54 Å². The van der Waals surface area contributed by atoms with Gasteiger partial charge in [-0.25, -0.2) is 4.98 Å². The van der Waals surface area contributed by atoms with Gasteiger partial charge in [0, 0.05) is 12.2 Å². The minimum absolute atomic E-state index is 0.0304. The molecule has 1 atom stereocenters. The van der Waals surface area contributed by atoms with Crippen LogP contribution in [0.3, 0.4) is 0 Å². The van der Waals surface area contributed by atoms with Crippen LogP contribution in [0.2, 0.25) is 0 Å². The topological polar surface area (TPSA) is 79.7 Å². The number of H-pyrrole nitrogens is 1. The van der Waals surface area contributed by atoms with Crippen LogP contribution >= 0.6 is 0 Å². The van der Waals surface area contributed by atoms with Crippen LogP contribution in [0.4, 0.5) is 0 Å². The van der Waals surface area contributed by atoms with Crippen LogP contribution in [0.25, 0.3) is 0 Å². The Bertz CT molecular complexity index is 682. The predicted octanol–water partition coefficient (Wildman–Crippen LogP) is 2.43. The number of aryl methyl sites for hydroxylation is 1. The van der Waals surface area contributed by atoms with Gasteiger partial charge in [-0.05, 0) is 53.0 Å². The largest absolute Gasteiger partial charge is 0.327 e. The lowest BCUT2D eigenvalue weighted by Gasteiger charge is -2.33. The number of hydrogen-bond acceptors (Lipinski definition) is 4. The van der Waals surface area contributed by atoms with Crippen LogP contribution < -0.4 is 0 Å². The maximum absolute atomic E-state index is 13.0. The molecule has 124 valence electrons. The summed E-state index contributed by atoms with van der Waals surface area (Å²) in [5, 5.41) is 11.4. The summed E-state index contributed by atoms with van der Waals surface area (Å²) >= 11 is 0. The minimum Gasteiger partial charge on any atom is -0.327 e. The van der Waals surface area contributed by atoms with Crippen molar-refractivity contribution in [3.8, 4) is 0 Å². The molecule has 0 radical (unpaired) electrons. The fourth-order valence-corrected chi connectivity index (χ4v) is 3.24. The molecule has 0 saturated carbocycles. The van der Waals surface area contributed by atoms with E-state index in [1.54, 1.807) is 0 Å². The van der Waals surface area contributed by atoms with Crippen LogP contribution in [-0.4, -0.2) is 42.3 Å². The molecule has 3 heterocycles. The van der Waals surface area contributed by atoms with Gasteiger partial charge in [-0.3, -0.25) is 14.6 Å². The number of nitrogens with zero attached hydrogens (tertiary/aromatic N) is 5. The number of likely N-dealkylation sites (tertiary alicyclic amines) is 1. The summed E-state index contributed by atoms with van der Waals surface area (Å²) < 4.78 is 1.91. The number of carbonyl (C=O) groups is 1. The molecule has 0 unspecified atom stereocenters. The standard InChI is InChI=1S/C16H24N6O/c1-11-9-12(20-22(11)16(2,3)4)15(23)21-8-6-5-7-13(21)14-17-10-18-19-14/h9-10,13H,5-8H2,1-4H3,(H,17,18,19)/t13-/m0/s1. The highest BCUT2D eigenvalue weighted by molar-refractivity contribution is 5.92. The summed E-state index contributed by atoms with van der Waals surface area (Å²) in [5.74, 6) is 0.724. The number of aromatic nitrogens is 5. The second-order valence-corrected chi connectivity index (χ2v) is 7.13. The number of rotatable bonds is 2. The van der Waals surface area contributed by atoms with Gasteiger partial charge in [0.25, 0.3) is 5.91 Å². The number of piperidine rings is 1. The first-order chi connectivity index (χ1) is 10.9.